The van der Waals surface area contributed by atoms with Crippen LogP contribution in [0.5, 0.6) is 5.75 Å². The van der Waals surface area contributed by atoms with Crippen LogP contribution < -0.4 is 10.1 Å². The molecule has 134 valence electrons. The second-order valence-corrected chi connectivity index (χ2v) is 6.62. The third-order valence-electron chi connectivity index (χ3n) is 4.02. The lowest BCUT2D eigenvalue weighted by atomic mass is 10.1. The van der Waals surface area contributed by atoms with Gasteiger partial charge in [0.25, 0.3) is 0 Å². The van der Waals surface area contributed by atoms with E-state index in [9.17, 15) is 4.79 Å². The van der Waals surface area contributed by atoms with Gasteiger partial charge in [-0.2, -0.15) is 5.10 Å². The largest absolute Gasteiger partial charge is 0.426 e. The minimum atomic E-state index is -0.224. The summed E-state index contributed by atoms with van der Waals surface area (Å²) in [6, 6.07) is 15.8. The molecule has 0 bridgehead atoms. The summed E-state index contributed by atoms with van der Waals surface area (Å²) < 4.78 is 7.34. The highest BCUT2D eigenvalue weighted by Gasteiger charge is 2.14. The molecule has 3 aromatic rings. The van der Waals surface area contributed by atoms with Crippen molar-refractivity contribution in [2.45, 2.75) is 27.7 Å². The number of aryl methyl sites for hydroxylation is 2. The summed E-state index contributed by atoms with van der Waals surface area (Å²) in [4.78, 5) is 11.9. The Balaban J connectivity index is 1.79. The molecular formula is C21H23N3O2. The van der Waals surface area contributed by atoms with Crippen molar-refractivity contribution < 1.29 is 9.53 Å². The van der Waals surface area contributed by atoms with Crippen LogP contribution in [-0.4, -0.2) is 15.7 Å². The first-order chi connectivity index (χ1) is 12.4. The quantitative estimate of drug-likeness (QED) is 0.531. The van der Waals surface area contributed by atoms with Gasteiger partial charge in [-0.05, 0) is 49.2 Å². The molecule has 0 unspecified atom stereocenters. The molecule has 0 saturated carbocycles. The molecule has 2 aromatic carbocycles. The van der Waals surface area contributed by atoms with Gasteiger partial charge >= 0.3 is 5.97 Å². The van der Waals surface area contributed by atoms with Crippen LogP contribution in [0.4, 0.5) is 11.5 Å². The van der Waals surface area contributed by atoms with Crippen LogP contribution in [0.3, 0.4) is 0 Å². The Labute approximate surface area is 153 Å². The van der Waals surface area contributed by atoms with Crippen molar-refractivity contribution in [1.82, 2.24) is 9.78 Å². The summed E-state index contributed by atoms with van der Waals surface area (Å²) >= 11 is 0. The molecular weight excluding hydrogens is 326 g/mol. The van der Waals surface area contributed by atoms with Crippen molar-refractivity contribution in [2.75, 3.05) is 5.32 Å². The number of nitrogens with one attached hydrogen (secondary N) is 1. The monoisotopic (exact) mass is 349 g/mol. The number of carbonyl (C=O) groups is 1. The number of ether oxygens (including phenoxy) is 1. The normalized spacial score (nSPS) is 10.8. The van der Waals surface area contributed by atoms with Gasteiger partial charge in [0, 0.05) is 18.0 Å². The molecule has 1 heterocycles. The van der Waals surface area contributed by atoms with Crippen LogP contribution in [-0.2, 0) is 4.79 Å². The number of para-hydroxylation sites is 1. The van der Waals surface area contributed by atoms with E-state index in [1.807, 2.05) is 87.1 Å². The van der Waals surface area contributed by atoms with Crippen molar-refractivity contribution >= 4 is 17.5 Å². The Kier molecular flexibility index (Phi) is 5.07. The zero-order chi connectivity index (χ0) is 18.7. The minimum absolute atomic E-state index is 0.159. The van der Waals surface area contributed by atoms with Crippen molar-refractivity contribution in [2.24, 2.45) is 5.92 Å². The van der Waals surface area contributed by atoms with Gasteiger partial charge in [-0.1, -0.05) is 32.0 Å². The number of hydrogen-bond donors (Lipinski definition) is 1. The molecule has 0 fully saturated rings. The molecule has 0 saturated heterocycles. The Morgan fingerprint density at radius 1 is 1.08 bits per heavy atom. The molecule has 26 heavy (non-hydrogen) atoms. The Bertz CT molecular complexity index is 891. The predicted octanol–water partition coefficient (Wildman–Crippen LogP) is 4.79. The lowest BCUT2D eigenvalue weighted by Gasteiger charge is -2.14. The van der Waals surface area contributed by atoms with E-state index in [-0.39, 0.29) is 11.9 Å². The maximum absolute atomic E-state index is 11.9. The highest BCUT2D eigenvalue weighted by atomic mass is 16.5. The van der Waals surface area contributed by atoms with Crippen LogP contribution in [0.2, 0.25) is 0 Å². The van der Waals surface area contributed by atoms with E-state index in [4.69, 9.17) is 4.74 Å². The van der Waals surface area contributed by atoms with Gasteiger partial charge < -0.3 is 10.1 Å². The van der Waals surface area contributed by atoms with Gasteiger partial charge in [-0.3, -0.25) is 4.79 Å². The topological polar surface area (TPSA) is 56.1 Å². The minimum Gasteiger partial charge on any atom is -0.426 e. The van der Waals surface area contributed by atoms with Crippen molar-refractivity contribution in [3.8, 4) is 11.4 Å². The van der Waals surface area contributed by atoms with E-state index in [0.29, 0.717) is 5.75 Å². The first-order valence-electron chi connectivity index (χ1n) is 8.65. The molecule has 1 N–H and O–H groups in total. The summed E-state index contributed by atoms with van der Waals surface area (Å²) in [5, 5.41) is 7.86. The molecule has 0 atom stereocenters. The average molecular weight is 349 g/mol. The highest BCUT2D eigenvalue weighted by molar-refractivity contribution is 5.76. The molecule has 0 aliphatic carbocycles. The lowest BCUT2D eigenvalue weighted by molar-refractivity contribution is -0.137. The summed E-state index contributed by atoms with van der Waals surface area (Å²) in [5.74, 6) is 0.996. The van der Waals surface area contributed by atoms with Gasteiger partial charge in [0.2, 0.25) is 0 Å². The molecule has 0 spiro atoms. The number of aromatic nitrogens is 2. The summed E-state index contributed by atoms with van der Waals surface area (Å²) in [6.07, 6.45) is 1.91. The maximum Gasteiger partial charge on any atom is 0.313 e. The number of anilines is 2. The predicted molar refractivity (Wildman–Crippen MR) is 103 cm³/mol. The number of nitrogens with zero attached hydrogens (tertiary/aromatic N) is 2. The van der Waals surface area contributed by atoms with E-state index in [1.165, 1.54) is 0 Å². The van der Waals surface area contributed by atoms with Crippen LogP contribution >= 0.6 is 0 Å². The highest BCUT2D eigenvalue weighted by Crippen LogP contribution is 2.29. The first kappa shape index (κ1) is 17.7. The second-order valence-electron chi connectivity index (χ2n) is 6.62. The average Bonchev–Trinajstić information content (AvgIpc) is 3.07. The summed E-state index contributed by atoms with van der Waals surface area (Å²) in [6.45, 7) is 7.52. The first-order valence-corrected chi connectivity index (χ1v) is 8.65. The Morgan fingerprint density at radius 2 is 1.73 bits per heavy atom. The SMILES string of the molecule is Cc1cc(Nc2ccn(-c3ccccc3)n2)cc(C)c1OC(=O)C(C)C. The van der Waals surface area contributed by atoms with E-state index < -0.39 is 0 Å². The Hall–Kier alpha value is -3.08. The fraction of sp³-hybridized carbons (Fsp3) is 0.238. The van der Waals surface area contributed by atoms with Gasteiger partial charge in [0.15, 0.2) is 5.82 Å². The molecule has 5 nitrogen and oxygen atoms in total. The standard InChI is InChI=1S/C21H23N3O2/c1-14(2)21(25)26-20-15(3)12-17(13-16(20)4)22-19-10-11-24(23-19)18-8-6-5-7-9-18/h5-14H,1-4H3,(H,22,23). The fourth-order valence-corrected chi connectivity index (χ4v) is 2.66. The Morgan fingerprint density at radius 3 is 2.35 bits per heavy atom. The number of esters is 1. The fourth-order valence-electron chi connectivity index (χ4n) is 2.66. The van der Waals surface area contributed by atoms with Gasteiger partial charge in [0.1, 0.15) is 5.75 Å². The van der Waals surface area contributed by atoms with Crippen molar-refractivity contribution in [1.29, 1.82) is 0 Å². The number of benzene rings is 2. The summed E-state index contributed by atoms with van der Waals surface area (Å²) in [5.41, 5.74) is 3.72. The van der Waals surface area contributed by atoms with Crippen LogP contribution in [0.25, 0.3) is 5.69 Å². The molecule has 0 aliphatic rings. The van der Waals surface area contributed by atoms with E-state index in [0.717, 1.165) is 28.3 Å². The molecule has 0 amide bonds. The zero-order valence-electron chi connectivity index (χ0n) is 15.5. The van der Waals surface area contributed by atoms with Crippen molar-refractivity contribution in [3.05, 3.63) is 65.9 Å². The number of hydrogen-bond acceptors (Lipinski definition) is 4. The molecule has 5 heteroatoms. The van der Waals surface area contributed by atoms with Crippen LogP contribution in [0.1, 0.15) is 25.0 Å². The third kappa shape index (κ3) is 3.94. The molecule has 1 aromatic heterocycles. The van der Waals surface area contributed by atoms with E-state index >= 15 is 0 Å². The van der Waals surface area contributed by atoms with Crippen molar-refractivity contribution in [3.63, 3.8) is 0 Å². The second kappa shape index (κ2) is 7.44. The third-order valence-corrected chi connectivity index (χ3v) is 4.02. The maximum atomic E-state index is 11.9. The zero-order valence-corrected chi connectivity index (χ0v) is 15.5. The molecule has 0 aliphatic heterocycles. The van der Waals surface area contributed by atoms with Crippen LogP contribution in [0.15, 0.2) is 54.7 Å². The van der Waals surface area contributed by atoms with Gasteiger partial charge in [-0.15, -0.1) is 0 Å². The number of rotatable bonds is 5. The molecule has 3 rings (SSSR count). The van der Waals surface area contributed by atoms with E-state index in [1.54, 1.807) is 0 Å². The number of carbonyl (C=O) groups excluding carboxylic acids is 1. The smallest absolute Gasteiger partial charge is 0.313 e. The summed E-state index contributed by atoms with van der Waals surface area (Å²) in [7, 11) is 0. The van der Waals surface area contributed by atoms with Gasteiger partial charge in [-0.25, -0.2) is 4.68 Å². The molecule has 0 radical (unpaired) electrons. The van der Waals surface area contributed by atoms with E-state index in [2.05, 4.69) is 10.4 Å². The van der Waals surface area contributed by atoms with Gasteiger partial charge in [0.05, 0.1) is 11.6 Å². The van der Waals surface area contributed by atoms with Crippen LogP contribution in [0, 0.1) is 19.8 Å². The lowest BCUT2D eigenvalue weighted by Crippen LogP contribution is -2.16.